The summed E-state index contributed by atoms with van der Waals surface area (Å²) in [6.45, 7) is 2.17. The SMILES string of the molecule is C/C(=C/Cn1ccc2c(Br)cccc21)C(=O)O. The lowest BCUT2D eigenvalue weighted by molar-refractivity contribution is -0.132. The van der Waals surface area contributed by atoms with Crippen LogP contribution in [0.5, 0.6) is 0 Å². The molecule has 2 aromatic rings. The van der Waals surface area contributed by atoms with E-state index in [1.165, 1.54) is 0 Å². The topological polar surface area (TPSA) is 42.2 Å². The van der Waals surface area contributed by atoms with Crippen LogP contribution in [0.15, 0.2) is 46.6 Å². The monoisotopic (exact) mass is 293 g/mol. The maximum atomic E-state index is 10.7. The number of halogens is 1. The molecule has 2 rings (SSSR count). The molecule has 0 unspecified atom stereocenters. The van der Waals surface area contributed by atoms with Crippen LogP contribution in [0.4, 0.5) is 0 Å². The fourth-order valence-electron chi connectivity index (χ4n) is 1.67. The number of nitrogens with zero attached hydrogens (tertiary/aromatic N) is 1. The lowest BCUT2D eigenvalue weighted by Crippen LogP contribution is -1.99. The van der Waals surface area contributed by atoms with Crippen LogP contribution >= 0.6 is 15.9 Å². The third-order valence-corrected chi connectivity index (χ3v) is 3.38. The Hall–Kier alpha value is -1.55. The van der Waals surface area contributed by atoms with E-state index in [9.17, 15) is 4.79 Å². The molecule has 0 aliphatic heterocycles. The predicted molar refractivity (Wildman–Crippen MR) is 71.0 cm³/mol. The summed E-state index contributed by atoms with van der Waals surface area (Å²) >= 11 is 3.49. The molecule has 0 bridgehead atoms. The summed E-state index contributed by atoms with van der Waals surface area (Å²) in [5.41, 5.74) is 1.45. The van der Waals surface area contributed by atoms with Crippen molar-refractivity contribution in [3.63, 3.8) is 0 Å². The predicted octanol–water partition coefficient (Wildman–Crippen LogP) is 3.43. The molecule has 0 aliphatic rings. The van der Waals surface area contributed by atoms with Gasteiger partial charge in [0.2, 0.25) is 0 Å². The van der Waals surface area contributed by atoms with Crippen LogP contribution in [0, 0.1) is 0 Å². The first kappa shape index (κ1) is 11.9. The Kier molecular flexibility index (Phi) is 3.33. The molecule has 0 aliphatic carbocycles. The Morgan fingerprint density at radius 1 is 1.47 bits per heavy atom. The van der Waals surface area contributed by atoms with Gasteiger partial charge in [0.15, 0.2) is 0 Å². The molecular weight excluding hydrogens is 282 g/mol. The number of carboxylic acids is 1. The van der Waals surface area contributed by atoms with Crippen LogP contribution in [0.2, 0.25) is 0 Å². The van der Waals surface area contributed by atoms with Gasteiger partial charge in [0.1, 0.15) is 0 Å². The van der Waals surface area contributed by atoms with Gasteiger partial charge in [-0.25, -0.2) is 4.79 Å². The zero-order valence-corrected chi connectivity index (χ0v) is 10.9. The van der Waals surface area contributed by atoms with Gasteiger partial charge >= 0.3 is 5.97 Å². The quantitative estimate of drug-likeness (QED) is 0.881. The van der Waals surface area contributed by atoms with E-state index in [0.29, 0.717) is 12.1 Å². The number of carboxylic acid groups (broad SMARTS) is 1. The molecule has 0 atom stereocenters. The number of allylic oxidation sites excluding steroid dienone is 1. The van der Waals surface area contributed by atoms with Crippen LogP contribution in [-0.4, -0.2) is 15.6 Å². The van der Waals surface area contributed by atoms with E-state index in [0.717, 1.165) is 15.4 Å². The third kappa shape index (κ3) is 2.42. The number of rotatable bonds is 3. The number of carbonyl (C=O) groups is 1. The van der Waals surface area contributed by atoms with Crippen molar-refractivity contribution in [3.8, 4) is 0 Å². The summed E-state index contributed by atoms with van der Waals surface area (Å²) in [5, 5.41) is 9.92. The number of fused-ring (bicyclic) bond motifs is 1. The minimum absolute atomic E-state index is 0.363. The van der Waals surface area contributed by atoms with Gasteiger partial charge in [-0.1, -0.05) is 28.1 Å². The molecule has 0 radical (unpaired) electrons. The molecule has 0 amide bonds. The van der Waals surface area contributed by atoms with Crippen LogP contribution in [-0.2, 0) is 11.3 Å². The number of hydrogen-bond acceptors (Lipinski definition) is 1. The molecule has 4 heteroatoms. The van der Waals surface area contributed by atoms with Crippen molar-refractivity contribution in [2.45, 2.75) is 13.5 Å². The second-order valence-corrected chi connectivity index (χ2v) is 4.69. The van der Waals surface area contributed by atoms with Gasteiger partial charge < -0.3 is 9.67 Å². The van der Waals surface area contributed by atoms with Crippen molar-refractivity contribution in [1.29, 1.82) is 0 Å². The molecule has 1 aromatic heterocycles. The third-order valence-electron chi connectivity index (χ3n) is 2.69. The second-order valence-electron chi connectivity index (χ2n) is 3.83. The molecule has 0 saturated carbocycles. The maximum Gasteiger partial charge on any atom is 0.331 e. The highest BCUT2D eigenvalue weighted by molar-refractivity contribution is 9.10. The molecular formula is C13H12BrNO2. The lowest BCUT2D eigenvalue weighted by atomic mass is 10.2. The first-order chi connectivity index (χ1) is 8.09. The van der Waals surface area contributed by atoms with Crippen LogP contribution < -0.4 is 0 Å². The first-order valence-corrected chi connectivity index (χ1v) is 6.02. The van der Waals surface area contributed by atoms with Gasteiger partial charge in [-0.05, 0) is 25.1 Å². The summed E-state index contributed by atoms with van der Waals surface area (Å²) in [4.78, 5) is 10.7. The van der Waals surface area contributed by atoms with Crippen molar-refractivity contribution in [3.05, 3.63) is 46.6 Å². The molecule has 0 fully saturated rings. The van der Waals surface area contributed by atoms with E-state index in [-0.39, 0.29) is 0 Å². The molecule has 1 N–H and O–H groups in total. The average Bonchev–Trinajstić information content (AvgIpc) is 2.70. The number of aliphatic carboxylic acids is 1. The maximum absolute atomic E-state index is 10.7. The Morgan fingerprint density at radius 2 is 2.24 bits per heavy atom. The second kappa shape index (κ2) is 4.75. The van der Waals surface area contributed by atoms with Crippen LogP contribution in [0.3, 0.4) is 0 Å². The fourth-order valence-corrected chi connectivity index (χ4v) is 2.16. The summed E-state index contributed by atoms with van der Waals surface area (Å²) < 4.78 is 3.07. The molecule has 17 heavy (non-hydrogen) atoms. The van der Waals surface area contributed by atoms with Gasteiger partial charge in [0, 0.05) is 33.7 Å². The van der Waals surface area contributed by atoms with Crippen molar-refractivity contribution in [2.75, 3.05) is 0 Å². The Labute approximate surface area is 107 Å². The lowest BCUT2D eigenvalue weighted by Gasteiger charge is -2.02. The summed E-state index contributed by atoms with van der Waals surface area (Å²) in [5.74, 6) is -0.873. The van der Waals surface area contributed by atoms with E-state index >= 15 is 0 Å². The molecule has 88 valence electrons. The van der Waals surface area contributed by atoms with Gasteiger partial charge in [0.25, 0.3) is 0 Å². The Balaban J connectivity index is 2.35. The number of aromatic nitrogens is 1. The van der Waals surface area contributed by atoms with Gasteiger partial charge in [-0.2, -0.15) is 0 Å². The van der Waals surface area contributed by atoms with E-state index in [1.54, 1.807) is 13.0 Å². The molecule has 0 spiro atoms. The van der Waals surface area contributed by atoms with E-state index in [4.69, 9.17) is 5.11 Å². The van der Waals surface area contributed by atoms with Crippen molar-refractivity contribution in [2.24, 2.45) is 0 Å². The highest BCUT2D eigenvalue weighted by Crippen LogP contribution is 2.24. The average molecular weight is 294 g/mol. The zero-order chi connectivity index (χ0) is 12.4. The highest BCUT2D eigenvalue weighted by atomic mass is 79.9. The largest absolute Gasteiger partial charge is 0.478 e. The van der Waals surface area contributed by atoms with E-state index in [1.807, 2.05) is 35.0 Å². The minimum Gasteiger partial charge on any atom is -0.478 e. The standard InChI is InChI=1S/C13H12BrNO2/c1-9(13(16)17)5-7-15-8-6-10-11(14)3-2-4-12(10)15/h2-6,8H,7H2,1H3,(H,16,17)/b9-5-. The van der Waals surface area contributed by atoms with Gasteiger partial charge in [-0.3, -0.25) is 0 Å². The Morgan fingerprint density at radius 3 is 2.94 bits per heavy atom. The fraction of sp³-hybridized carbons (Fsp3) is 0.154. The Bertz CT molecular complexity index is 598. The first-order valence-electron chi connectivity index (χ1n) is 5.23. The zero-order valence-electron chi connectivity index (χ0n) is 9.35. The normalized spacial score (nSPS) is 12.0. The van der Waals surface area contributed by atoms with Crippen molar-refractivity contribution in [1.82, 2.24) is 4.57 Å². The van der Waals surface area contributed by atoms with Crippen LogP contribution in [0.1, 0.15) is 6.92 Å². The highest BCUT2D eigenvalue weighted by Gasteiger charge is 2.03. The van der Waals surface area contributed by atoms with Gasteiger partial charge in [-0.15, -0.1) is 0 Å². The van der Waals surface area contributed by atoms with Crippen molar-refractivity contribution >= 4 is 32.8 Å². The van der Waals surface area contributed by atoms with Gasteiger partial charge in [0.05, 0.1) is 0 Å². The summed E-state index contributed by atoms with van der Waals surface area (Å²) in [6.07, 6.45) is 3.67. The van der Waals surface area contributed by atoms with Crippen LogP contribution in [0.25, 0.3) is 10.9 Å². The molecule has 3 nitrogen and oxygen atoms in total. The molecule has 1 aromatic carbocycles. The molecule has 0 saturated heterocycles. The smallest absolute Gasteiger partial charge is 0.331 e. The number of hydrogen-bond donors (Lipinski definition) is 1. The van der Waals surface area contributed by atoms with Crippen molar-refractivity contribution < 1.29 is 9.90 Å². The number of benzene rings is 1. The van der Waals surface area contributed by atoms with E-state index < -0.39 is 5.97 Å². The molecule has 1 heterocycles. The minimum atomic E-state index is -0.873. The summed E-state index contributed by atoms with van der Waals surface area (Å²) in [6, 6.07) is 8.00. The summed E-state index contributed by atoms with van der Waals surface area (Å²) in [7, 11) is 0. The van der Waals surface area contributed by atoms with E-state index in [2.05, 4.69) is 15.9 Å².